The van der Waals surface area contributed by atoms with Gasteiger partial charge in [-0.05, 0) is 17.2 Å². The first-order valence-corrected chi connectivity index (χ1v) is 9.51. The number of morpholine rings is 1. The number of nitrogens with zero attached hydrogens (tertiary/aromatic N) is 2. The Morgan fingerprint density at radius 1 is 1.07 bits per heavy atom. The van der Waals surface area contributed by atoms with Gasteiger partial charge >= 0.3 is 0 Å². The Balaban J connectivity index is 1.29. The van der Waals surface area contributed by atoms with Crippen LogP contribution in [-0.2, 0) is 22.5 Å². The molecule has 140 valence electrons. The van der Waals surface area contributed by atoms with Gasteiger partial charge < -0.3 is 14.5 Å². The van der Waals surface area contributed by atoms with Gasteiger partial charge in [0.05, 0.1) is 12.7 Å². The lowest BCUT2D eigenvalue weighted by atomic mass is 10.1. The largest absolute Gasteiger partial charge is 0.374 e. The van der Waals surface area contributed by atoms with E-state index in [1.807, 2.05) is 47.4 Å². The van der Waals surface area contributed by atoms with Gasteiger partial charge in [-0.1, -0.05) is 48.5 Å². The van der Waals surface area contributed by atoms with E-state index in [1.54, 1.807) is 4.90 Å². The minimum absolute atomic E-state index is 0.0299. The van der Waals surface area contributed by atoms with Crippen molar-refractivity contribution in [2.45, 2.75) is 25.5 Å². The Hall–Kier alpha value is -2.66. The second-order valence-corrected chi connectivity index (χ2v) is 7.16. The fourth-order valence-electron chi connectivity index (χ4n) is 3.83. The lowest BCUT2D eigenvalue weighted by Gasteiger charge is -2.33. The van der Waals surface area contributed by atoms with Gasteiger partial charge in [-0.25, -0.2) is 0 Å². The summed E-state index contributed by atoms with van der Waals surface area (Å²) in [5.74, 6) is 0.127. The zero-order chi connectivity index (χ0) is 18.6. The van der Waals surface area contributed by atoms with Crippen LogP contribution in [-0.4, -0.2) is 54.0 Å². The van der Waals surface area contributed by atoms with E-state index in [4.69, 9.17) is 4.74 Å². The van der Waals surface area contributed by atoms with Crippen LogP contribution >= 0.6 is 0 Å². The Morgan fingerprint density at radius 2 is 1.85 bits per heavy atom. The summed E-state index contributed by atoms with van der Waals surface area (Å²) in [5.41, 5.74) is 3.03. The van der Waals surface area contributed by atoms with Crippen molar-refractivity contribution in [3.05, 3.63) is 71.3 Å². The Morgan fingerprint density at radius 3 is 2.67 bits per heavy atom. The van der Waals surface area contributed by atoms with Gasteiger partial charge in [-0.15, -0.1) is 0 Å². The number of rotatable bonds is 5. The molecule has 5 heteroatoms. The molecule has 0 N–H and O–H groups in total. The smallest absolute Gasteiger partial charge is 0.254 e. The van der Waals surface area contributed by atoms with Gasteiger partial charge in [0, 0.05) is 44.6 Å². The molecule has 5 nitrogen and oxygen atoms in total. The maximum Gasteiger partial charge on any atom is 0.254 e. The van der Waals surface area contributed by atoms with Crippen LogP contribution in [0.4, 0.5) is 0 Å². The van der Waals surface area contributed by atoms with E-state index >= 15 is 0 Å². The van der Waals surface area contributed by atoms with Gasteiger partial charge in [0.15, 0.2) is 0 Å². The number of carbonyl (C=O) groups is 2. The Kier molecular flexibility index (Phi) is 5.21. The van der Waals surface area contributed by atoms with E-state index in [1.165, 1.54) is 5.56 Å². The van der Waals surface area contributed by atoms with Crippen molar-refractivity contribution in [1.82, 2.24) is 9.80 Å². The summed E-state index contributed by atoms with van der Waals surface area (Å²) < 4.78 is 5.84. The van der Waals surface area contributed by atoms with Crippen molar-refractivity contribution in [1.29, 1.82) is 0 Å². The van der Waals surface area contributed by atoms with E-state index in [9.17, 15) is 9.59 Å². The molecule has 2 amide bonds. The van der Waals surface area contributed by atoms with Crippen LogP contribution in [0.25, 0.3) is 0 Å². The molecule has 2 aromatic carbocycles. The number of benzene rings is 2. The molecule has 27 heavy (non-hydrogen) atoms. The zero-order valence-corrected chi connectivity index (χ0v) is 15.3. The van der Waals surface area contributed by atoms with Crippen molar-refractivity contribution in [2.75, 3.05) is 26.2 Å². The molecule has 0 aromatic heterocycles. The van der Waals surface area contributed by atoms with E-state index in [2.05, 4.69) is 12.1 Å². The first kappa shape index (κ1) is 17.7. The van der Waals surface area contributed by atoms with Crippen LogP contribution in [0, 0.1) is 0 Å². The normalized spacial score (nSPS) is 19.3. The van der Waals surface area contributed by atoms with Crippen LogP contribution < -0.4 is 0 Å². The van der Waals surface area contributed by atoms with Crippen molar-refractivity contribution in [2.24, 2.45) is 0 Å². The number of ether oxygens (including phenoxy) is 1. The minimum atomic E-state index is 0.0299. The average molecular weight is 364 g/mol. The summed E-state index contributed by atoms with van der Waals surface area (Å²) in [6, 6.07) is 17.9. The van der Waals surface area contributed by atoms with Gasteiger partial charge in [0.2, 0.25) is 5.91 Å². The molecule has 1 unspecified atom stereocenters. The maximum atomic E-state index is 12.7. The SMILES string of the molecule is O=C(CCN1Cc2ccccc2C1=O)N1CCOC(Cc2ccccc2)C1. The van der Waals surface area contributed by atoms with Crippen LogP contribution in [0.1, 0.15) is 27.9 Å². The van der Waals surface area contributed by atoms with Crippen molar-refractivity contribution in [3.63, 3.8) is 0 Å². The third-order valence-corrected chi connectivity index (χ3v) is 5.29. The van der Waals surface area contributed by atoms with Crippen LogP contribution in [0.15, 0.2) is 54.6 Å². The lowest BCUT2D eigenvalue weighted by molar-refractivity contribution is -0.138. The molecular formula is C22H24N2O3. The van der Waals surface area contributed by atoms with Gasteiger partial charge in [-0.3, -0.25) is 9.59 Å². The van der Waals surface area contributed by atoms with Gasteiger partial charge in [0.1, 0.15) is 0 Å². The van der Waals surface area contributed by atoms with Crippen molar-refractivity contribution in [3.8, 4) is 0 Å². The summed E-state index contributed by atoms with van der Waals surface area (Å²) >= 11 is 0. The monoisotopic (exact) mass is 364 g/mol. The highest BCUT2D eigenvalue weighted by atomic mass is 16.5. The number of amides is 2. The summed E-state index contributed by atoms with van der Waals surface area (Å²) in [4.78, 5) is 28.7. The van der Waals surface area contributed by atoms with Crippen molar-refractivity contribution < 1.29 is 14.3 Å². The first-order chi connectivity index (χ1) is 13.2. The number of hydrogen-bond acceptors (Lipinski definition) is 3. The van der Waals surface area contributed by atoms with E-state index in [-0.39, 0.29) is 17.9 Å². The molecule has 1 saturated heterocycles. The molecule has 1 fully saturated rings. The molecule has 2 aliphatic rings. The lowest BCUT2D eigenvalue weighted by Crippen LogP contribution is -2.47. The second-order valence-electron chi connectivity index (χ2n) is 7.16. The van der Waals surface area contributed by atoms with Crippen LogP contribution in [0.2, 0.25) is 0 Å². The zero-order valence-electron chi connectivity index (χ0n) is 15.3. The minimum Gasteiger partial charge on any atom is -0.374 e. The molecule has 1 atom stereocenters. The quantitative estimate of drug-likeness (QED) is 0.819. The topological polar surface area (TPSA) is 49.9 Å². The average Bonchev–Trinajstić information content (AvgIpc) is 3.03. The number of hydrogen-bond donors (Lipinski definition) is 0. The fourth-order valence-corrected chi connectivity index (χ4v) is 3.83. The molecule has 0 radical (unpaired) electrons. The van der Waals surface area contributed by atoms with Gasteiger partial charge in [-0.2, -0.15) is 0 Å². The van der Waals surface area contributed by atoms with Crippen LogP contribution in [0.3, 0.4) is 0 Å². The molecular weight excluding hydrogens is 340 g/mol. The summed E-state index contributed by atoms with van der Waals surface area (Å²) in [6.07, 6.45) is 1.20. The Labute approximate surface area is 159 Å². The summed E-state index contributed by atoms with van der Waals surface area (Å²) in [7, 11) is 0. The summed E-state index contributed by atoms with van der Waals surface area (Å²) in [6.45, 7) is 2.87. The number of carbonyl (C=O) groups excluding carboxylic acids is 2. The fraction of sp³-hybridized carbons (Fsp3) is 0.364. The molecule has 2 heterocycles. The van der Waals surface area contributed by atoms with Gasteiger partial charge in [0.25, 0.3) is 5.91 Å². The maximum absolute atomic E-state index is 12.7. The predicted octanol–water partition coefficient (Wildman–Crippen LogP) is 2.50. The highest BCUT2D eigenvalue weighted by Crippen LogP contribution is 2.22. The molecule has 2 aromatic rings. The number of fused-ring (bicyclic) bond motifs is 1. The van der Waals surface area contributed by atoms with Crippen LogP contribution in [0.5, 0.6) is 0 Å². The third-order valence-electron chi connectivity index (χ3n) is 5.29. The van der Waals surface area contributed by atoms with E-state index < -0.39 is 0 Å². The molecule has 2 aliphatic heterocycles. The highest BCUT2D eigenvalue weighted by molar-refractivity contribution is 5.98. The predicted molar refractivity (Wildman–Crippen MR) is 102 cm³/mol. The second kappa shape index (κ2) is 7.92. The first-order valence-electron chi connectivity index (χ1n) is 9.51. The van der Waals surface area contributed by atoms with E-state index in [0.29, 0.717) is 39.2 Å². The van der Waals surface area contributed by atoms with E-state index in [0.717, 1.165) is 17.5 Å². The third kappa shape index (κ3) is 4.03. The molecule has 0 bridgehead atoms. The summed E-state index contributed by atoms with van der Waals surface area (Å²) in [5, 5.41) is 0. The molecule has 0 aliphatic carbocycles. The molecule has 0 saturated carbocycles. The van der Waals surface area contributed by atoms with Crippen molar-refractivity contribution >= 4 is 11.8 Å². The molecule has 4 rings (SSSR count). The molecule has 0 spiro atoms. The Bertz CT molecular complexity index is 821. The highest BCUT2D eigenvalue weighted by Gasteiger charge is 2.29. The standard InChI is InChI=1S/C22H24N2O3/c25-21(10-11-24-15-18-8-4-5-9-20(18)22(24)26)23-12-13-27-19(16-23)14-17-6-2-1-3-7-17/h1-9,19H,10-16H2.